The average Bonchev–Trinajstić information content (AvgIpc) is 3.65. The van der Waals surface area contributed by atoms with E-state index in [0.29, 0.717) is 56.9 Å². The minimum atomic E-state index is -2.37. The molecule has 1 unspecified atom stereocenters. The van der Waals surface area contributed by atoms with Crippen LogP contribution in [0.4, 0.5) is 0 Å². The van der Waals surface area contributed by atoms with Gasteiger partial charge in [-0.25, -0.2) is 4.79 Å². The zero-order valence-corrected chi connectivity index (χ0v) is 35.7. The van der Waals surface area contributed by atoms with Crippen LogP contribution in [0.3, 0.4) is 0 Å². The molecule has 0 spiro atoms. The van der Waals surface area contributed by atoms with E-state index in [4.69, 9.17) is 14.2 Å². The van der Waals surface area contributed by atoms with Crippen LogP contribution in [0.1, 0.15) is 109 Å². The van der Waals surface area contributed by atoms with Crippen molar-refractivity contribution in [2.24, 2.45) is 23.7 Å². The van der Waals surface area contributed by atoms with Gasteiger partial charge < -0.3 is 34.4 Å². The number of ether oxygens (including phenoxy) is 3. The number of carbonyl (C=O) groups is 4. The van der Waals surface area contributed by atoms with E-state index in [2.05, 4.69) is 6.92 Å². The van der Waals surface area contributed by atoms with Crippen molar-refractivity contribution < 1.29 is 48.7 Å². The number of ketones is 2. The highest BCUT2D eigenvalue weighted by Gasteiger charge is 2.53. The molecule has 10 atom stereocenters. The van der Waals surface area contributed by atoms with Crippen molar-refractivity contribution in [3.63, 3.8) is 0 Å². The van der Waals surface area contributed by atoms with E-state index in [1.54, 1.807) is 27.0 Å². The SMILES string of the molecule is CO[C@H]1C[C@@H]2CC[C@@H](C)[C@@](O)(O2)C(=O)C(=O)N2CCCC[C@H]2C(=O)OC([C@H](C)Cc2ccc(CO)s2)C/C=C(\C)[C@@H](O)CC(=O)[C@H](C)C[C@H](C)/C=C/C=C/C=C1C. The topological polar surface area (TPSA) is 160 Å². The summed E-state index contributed by atoms with van der Waals surface area (Å²) < 4.78 is 18.2. The zero-order valence-electron chi connectivity index (χ0n) is 34.9. The number of rotatable bonds is 5. The van der Waals surface area contributed by atoms with E-state index in [1.165, 1.54) is 16.2 Å². The first kappa shape index (κ1) is 46.4. The van der Waals surface area contributed by atoms with Gasteiger partial charge in [-0.2, -0.15) is 0 Å². The molecule has 2 saturated heterocycles. The third-order valence-corrected chi connectivity index (χ3v) is 13.0. The Balaban J connectivity index is 1.66. The van der Waals surface area contributed by atoms with Gasteiger partial charge in [-0.1, -0.05) is 64.2 Å². The second-order valence-corrected chi connectivity index (χ2v) is 17.8. The van der Waals surface area contributed by atoms with Gasteiger partial charge in [-0.3, -0.25) is 14.4 Å². The van der Waals surface area contributed by atoms with Gasteiger partial charge in [-0.05, 0) is 93.9 Å². The molecule has 4 heterocycles. The summed E-state index contributed by atoms with van der Waals surface area (Å²) >= 11 is 1.48. The van der Waals surface area contributed by atoms with Crippen LogP contribution in [0, 0.1) is 23.7 Å². The normalized spacial score (nSPS) is 34.9. The number of piperidine rings is 1. The van der Waals surface area contributed by atoms with Crippen LogP contribution in [-0.2, 0) is 46.4 Å². The number of hydrogen-bond acceptors (Lipinski definition) is 11. The molecule has 12 heteroatoms. The standard InChI is InChI=1S/C45H65NO10S/c1-28-13-9-8-10-14-30(3)41(54-7)25-34-18-17-33(6)45(53,56-34)42(50)43(51)46-22-12-11-15-37(46)44(52)55-40(32(5)24-35-19-20-36(27-47)57-35)21-16-29(2)38(48)26-39(49)31(4)23-28/h8-10,13-14,16,19-20,28,31-34,37-38,40-41,47-48,53H,11-12,15,17-18,21-27H2,1-7H3/b10-8+,13-9+,29-16+,30-14?/t28-,31-,32-,33-,34+,37+,38+,40?,41+,45-/m1/s1. The summed E-state index contributed by atoms with van der Waals surface area (Å²) in [6.07, 6.45) is 13.2. The molecule has 0 aromatic carbocycles. The number of amides is 1. The largest absolute Gasteiger partial charge is 0.460 e. The fourth-order valence-corrected chi connectivity index (χ4v) is 9.02. The van der Waals surface area contributed by atoms with Crippen LogP contribution in [0.2, 0.25) is 0 Å². The number of nitrogens with zero attached hydrogens (tertiary/aromatic N) is 1. The van der Waals surface area contributed by atoms with Crippen molar-refractivity contribution in [2.75, 3.05) is 13.7 Å². The Hall–Kier alpha value is -3.26. The maximum absolute atomic E-state index is 14.1. The third-order valence-electron chi connectivity index (χ3n) is 11.9. The molecule has 11 nitrogen and oxygen atoms in total. The number of aliphatic hydroxyl groups is 3. The number of cyclic esters (lactones) is 1. The van der Waals surface area contributed by atoms with Crippen molar-refractivity contribution in [2.45, 2.75) is 149 Å². The molecule has 1 aromatic rings. The maximum Gasteiger partial charge on any atom is 0.329 e. The molecule has 3 aliphatic heterocycles. The Morgan fingerprint density at radius 1 is 0.982 bits per heavy atom. The number of carbonyl (C=O) groups excluding carboxylic acids is 4. The minimum absolute atomic E-state index is 0.0353. The lowest BCUT2D eigenvalue weighted by Gasteiger charge is -2.42. The van der Waals surface area contributed by atoms with Crippen molar-refractivity contribution in [3.05, 3.63) is 69.5 Å². The summed E-state index contributed by atoms with van der Waals surface area (Å²) in [5.74, 6) is -6.14. The molecule has 3 N–H and O–H groups in total. The van der Waals surface area contributed by atoms with Crippen LogP contribution in [-0.4, -0.2) is 93.6 Å². The molecule has 57 heavy (non-hydrogen) atoms. The van der Waals surface area contributed by atoms with Crippen LogP contribution in [0.15, 0.2) is 59.7 Å². The number of Topliss-reactive ketones (excluding diaryl/α,β-unsaturated/α-hetero) is 2. The molecule has 0 radical (unpaired) electrons. The van der Waals surface area contributed by atoms with Gasteiger partial charge in [0.05, 0.1) is 24.9 Å². The van der Waals surface area contributed by atoms with Gasteiger partial charge in [0.1, 0.15) is 17.9 Å². The van der Waals surface area contributed by atoms with Gasteiger partial charge >= 0.3 is 5.97 Å². The molecule has 0 aliphatic carbocycles. The van der Waals surface area contributed by atoms with Crippen molar-refractivity contribution in [1.29, 1.82) is 0 Å². The predicted octanol–water partition coefficient (Wildman–Crippen LogP) is 6.58. The van der Waals surface area contributed by atoms with E-state index in [0.717, 1.165) is 15.3 Å². The lowest BCUT2D eigenvalue weighted by atomic mass is 9.85. The maximum atomic E-state index is 14.1. The Morgan fingerprint density at radius 3 is 2.42 bits per heavy atom. The highest BCUT2D eigenvalue weighted by molar-refractivity contribution is 7.11. The van der Waals surface area contributed by atoms with Crippen molar-refractivity contribution in [1.82, 2.24) is 4.90 Å². The second-order valence-electron chi connectivity index (χ2n) is 16.6. The molecule has 3 aliphatic rings. The quantitative estimate of drug-likeness (QED) is 0.169. The highest BCUT2D eigenvalue weighted by Crippen LogP contribution is 2.37. The molecule has 1 amide bonds. The Labute approximate surface area is 342 Å². The number of fused-ring (bicyclic) bond motifs is 3. The molecule has 4 rings (SSSR count). The van der Waals surface area contributed by atoms with Gasteiger partial charge in [-0.15, -0.1) is 11.3 Å². The predicted molar refractivity (Wildman–Crippen MR) is 220 cm³/mol. The van der Waals surface area contributed by atoms with Gasteiger partial charge in [0.15, 0.2) is 0 Å². The Bertz CT molecular complexity index is 1660. The molecule has 2 bridgehead atoms. The van der Waals surface area contributed by atoms with E-state index < -0.39 is 53.7 Å². The molecule has 2 fully saturated rings. The monoisotopic (exact) mass is 811 g/mol. The van der Waals surface area contributed by atoms with Crippen molar-refractivity contribution >= 4 is 34.8 Å². The van der Waals surface area contributed by atoms with Gasteiger partial charge in [0.25, 0.3) is 11.7 Å². The molecule has 1 aromatic heterocycles. The fourth-order valence-electron chi connectivity index (χ4n) is 8.00. The Morgan fingerprint density at radius 2 is 1.72 bits per heavy atom. The van der Waals surface area contributed by atoms with E-state index in [-0.39, 0.29) is 55.6 Å². The molecule has 316 valence electrons. The van der Waals surface area contributed by atoms with Crippen LogP contribution < -0.4 is 0 Å². The number of allylic oxidation sites excluding steroid dienone is 5. The number of hydrogen-bond donors (Lipinski definition) is 3. The minimum Gasteiger partial charge on any atom is -0.460 e. The first-order chi connectivity index (χ1) is 27.1. The zero-order chi connectivity index (χ0) is 41.9. The summed E-state index contributed by atoms with van der Waals surface area (Å²) in [4.78, 5) is 58.5. The number of methoxy groups -OCH3 is 1. The number of thiophene rings is 1. The fraction of sp³-hybridized carbons (Fsp3) is 0.644. The first-order valence-corrected chi connectivity index (χ1v) is 21.5. The van der Waals surface area contributed by atoms with Gasteiger partial charge in [0, 0.05) is 54.5 Å². The second kappa shape index (κ2) is 21.7. The van der Waals surface area contributed by atoms with Crippen molar-refractivity contribution in [3.8, 4) is 0 Å². The van der Waals surface area contributed by atoms with Crippen LogP contribution in [0.5, 0.6) is 0 Å². The Kier molecular flexibility index (Phi) is 17.6. The van der Waals surface area contributed by atoms with E-state index >= 15 is 0 Å². The molecular formula is C45H65NO10S. The molecular weight excluding hydrogens is 747 g/mol. The summed E-state index contributed by atoms with van der Waals surface area (Å²) in [5, 5.41) is 32.6. The summed E-state index contributed by atoms with van der Waals surface area (Å²) in [6.45, 7) is 11.3. The number of aliphatic hydroxyl groups excluding tert-OH is 2. The summed E-state index contributed by atoms with van der Waals surface area (Å²) in [5.41, 5.74) is 1.50. The van der Waals surface area contributed by atoms with E-state index in [1.807, 2.05) is 63.3 Å². The third kappa shape index (κ3) is 12.6. The summed E-state index contributed by atoms with van der Waals surface area (Å²) in [7, 11) is 1.59. The van der Waals surface area contributed by atoms with Gasteiger partial charge in [0.2, 0.25) is 5.79 Å². The van der Waals surface area contributed by atoms with E-state index in [9.17, 15) is 34.5 Å². The van der Waals surface area contributed by atoms with Crippen LogP contribution in [0.25, 0.3) is 0 Å². The smallest absolute Gasteiger partial charge is 0.329 e. The lowest BCUT2D eigenvalue weighted by molar-refractivity contribution is -0.265. The average molecular weight is 812 g/mol. The first-order valence-electron chi connectivity index (χ1n) is 20.6. The molecule has 0 saturated carbocycles. The number of esters is 1. The summed E-state index contributed by atoms with van der Waals surface area (Å²) in [6, 6.07) is 2.76. The lowest BCUT2D eigenvalue weighted by Crippen LogP contribution is -2.61. The highest BCUT2D eigenvalue weighted by atomic mass is 32.1. The van der Waals surface area contributed by atoms with Crippen LogP contribution >= 0.6 is 11.3 Å².